The number of aromatic nitrogens is 1. The van der Waals surface area contributed by atoms with E-state index in [4.69, 9.17) is 5.11 Å². The largest absolute Gasteiger partial charge is 0.392 e. The summed E-state index contributed by atoms with van der Waals surface area (Å²) in [5, 5.41) is 11.8. The standard InChI is InChI=1S/C16H18N2O2/c19-12-15-3-1-14(2-4-15)11-18-16(20)6-5-13-7-9-17-10-8-13/h1-4,7-10,19H,5-6,11-12H2,(H,18,20). The van der Waals surface area contributed by atoms with Crippen LogP contribution in [0.5, 0.6) is 0 Å². The fourth-order valence-electron chi connectivity index (χ4n) is 1.86. The summed E-state index contributed by atoms with van der Waals surface area (Å²) in [6.45, 7) is 0.555. The Balaban J connectivity index is 1.74. The first kappa shape index (κ1) is 14.2. The molecule has 0 aliphatic rings. The third kappa shape index (κ3) is 4.48. The van der Waals surface area contributed by atoms with E-state index in [1.165, 1.54) is 0 Å². The number of aryl methyl sites for hydroxylation is 1. The number of nitrogens with one attached hydrogen (secondary N) is 1. The van der Waals surface area contributed by atoms with Gasteiger partial charge in [0, 0.05) is 25.4 Å². The predicted molar refractivity (Wildman–Crippen MR) is 76.8 cm³/mol. The summed E-state index contributed by atoms with van der Waals surface area (Å²) in [6, 6.07) is 11.4. The first-order chi connectivity index (χ1) is 9.78. The zero-order valence-corrected chi connectivity index (χ0v) is 11.2. The van der Waals surface area contributed by atoms with Crippen molar-refractivity contribution in [2.75, 3.05) is 0 Å². The van der Waals surface area contributed by atoms with E-state index in [-0.39, 0.29) is 12.5 Å². The Labute approximate surface area is 118 Å². The lowest BCUT2D eigenvalue weighted by atomic mass is 10.1. The normalized spacial score (nSPS) is 10.2. The summed E-state index contributed by atoms with van der Waals surface area (Å²) in [5.74, 6) is 0.0352. The number of rotatable bonds is 6. The zero-order chi connectivity index (χ0) is 14.2. The molecule has 1 aromatic heterocycles. The summed E-state index contributed by atoms with van der Waals surface area (Å²) in [6.07, 6.45) is 4.66. The van der Waals surface area contributed by atoms with Crippen LogP contribution in [0.15, 0.2) is 48.8 Å². The minimum Gasteiger partial charge on any atom is -0.392 e. The van der Waals surface area contributed by atoms with Crippen LogP contribution in [0.25, 0.3) is 0 Å². The van der Waals surface area contributed by atoms with E-state index in [0.29, 0.717) is 13.0 Å². The Morgan fingerprint density at radius 1 is 1.00 bits per heavy atom. The van der Waals surface area contributed by atoms with Crippen LogP contribution in [0, 0.1) is 0 Å². The molecule has 4 heteroatoms. The number of amides is 1. The molecule has 0 aliphatic carbocycles. The van der Waals surface area contributed by atoms with Crippen molar-refractivity contribution in [2.45, 2.75) is 26.0 Å². The predicted octanol–water partition coefficient (Wildman–Crippen LogP) is 1.82. The summed E-state index contributed by atoms with van der Waals surface area (Å²) in [5.41, 5.74) is 3.01. The van der Waals surface area contributed by atoms with Gasteiger partial charge in [-0.2, -0.15) is 0 Å². The first-order valence-corrected chi connectivity index (χ1v) is 6.62. The molecule has 1 heterocycles. The van der Waals surface area contributed by atoms with Crippen LogP contribution in [-0.2, 0) is 24.4 Å². The third-order valence-corrected chi connectivity index (χ3v) is 3.09. The number of benzene rings is 1. The van der Waals surface area contributed by atoms with Gasteiger partial charge in [0.1, 0.15) is 0 Å². The summed E-state index contributed by atoms with van der Waals surface area (Å²) in [4.78, 5) is 15.7. The first-order valence-electron chi connectivity index (χ1n) is 6.62. The van der Waals surface area contributed by atoms with Crippen LogP contribution in [-0.4, -0.2) is 16.0 Å². The van der Waals surface area contributed by atoms with E-state index in [1.807, 2.05) is 36.4 Å². The number of pyridine rings is 1. The van der Waals surface area contributed by atoms with Crippen molar-refractivity contribution in [1.29, 1.82) is 0 Å². The highest BCUT2D eigenvalue weighted by molar-refractivity contribution is 5.76. The summed E-state index contributed by atoms with van der Waals surface area (Å²) >= 11 is 0. The van der Waals surface area contributed by atoms with E-state index in [0.717, 1.165) is 23.1 Å². The van der Waals surface area contributed by atoms with Crippen molar-refractivity contribution < 1.29 is 9.90 Å². The van der Waals surface area contributed by atoms with Gasteiger partial charge in [0.2, 0.25) is 5.91 Å². The Morgan fingerprint density at radius 2 is 1.65 bits per heavy atom. The molecule has 0 saturated carbocycles. The third-order valence-electron chi connectivity index (χ3n) is 3.09. The smallest absolute Gasteiger partial charge is 0.220 e. The van der Waals surface area contributed by atoms with Crippen molar-refractivity contribution in [1.82, 2.24) is 10.3 Å². The molecule has 0 bridgehead atoms. The lowest BCUT2D eigenvalue weighted by Crippen LogP contribution is -2.22. The molecule has 2 N–H and O–H groups in total. The Kier molecular flexibility index (Phi) is 5.26. The second kappa shape index (κ2) is 7.40. The summed E-state index contributed by atoms with van der Waals surface area (Å²) in [7, 11) is 0. The van der Waals surface area contributed by atoms with Gasteiger partial charge in [0.25, 0.3) is 0 Å². The molecule has 0 spiro atoms. The second-order valence-electron chi connectivity index (χ2n) is 4.61. The molecule has 0 radical (unpaired) electrons. The molecule has 2 rings (SSSR count). The Hall–Kier alpha value is -2.20. The fourth-order valence-corrected chi connectivity index (χ4v) is 1.86. The average Bonchev–Trinajstić information content (AvgIpc) is 2.52. The van der Waals surface area contributed by atoms with Gasteiger partial charge >= 0.3 is 0 Å². The number of nitrogens with zero attached hydrogens (tertiary/aromatic N) is 1. The van der Waals surface area contributed by atoms with E-state index in [1.54, 1.807) is 12.4 Å². The number of aliphatic hydroxyl groups excluding tert-OH is 1. The monoisotopic (exact) mass is 270 g/mol. The molecule has 0 unspecified atom stereocenters. The Bertz CT molecular complexity index is 538. The van der Waals surface area contributed by atoms with Gasteiger partial charge < -0.3 is 10.4 Å². The SMILES string of the molecule is O=C(CCc1ccncc1)NCc1ccc(CO)cc1. The lowest BCUT2D eigenvalue weighted by molar-refractivity contribution is -0.121. The van der Waals surface area contributed by atoms with Gasteiger partial charge in [0.15, 0.2) is 0 Å². The van der Waals surface area contributed by atoms with Crippen molar-refractivity contribution in [3.05, 3.63) is 65.5 Å². The maximum absolute atomic E-state index is 11.7. The van der Waals surface area contributed by atoms with Crippen LogP contribution in [0.3, 0.4) is 0 Å². The number of hydrogen-bond donors (Lipinski definition) is 2. The quantitative estimate of drug-likeness (QED) is 0.841. The molecule has 20 heavy (non-hydrogen) atoms. The lowest BCUT2D eigenvalue weighted by Gasteiger charge is -2.06. The van der Waals surface area contributed by atoms with Crippen molar-refractivity contribution in [3.8, 4) is 0 Å². The molecular weight excluding hydrogens is 252 g/mol. The average molecular weight is 270 g/mol. The van der Waals surface area contributed by atoms with Crippen molar-refractivity contribution >= 4 is 5.91 Å². The molecule has 4 nitrogen and oxygen atoms in total. The van der Waals surface area contributed by atoms with E-state index in [2.05, 4.69) is 10.3 Å². The number of carbonyl (C=O) groups is 1. The van der Waals surface area contributed by atoms with Crippen molar-refractivity contribution in [3.63, 3.8) is 0 Å². The molecular formula is C16H18N2O2. The molecule has 0 aliphatic heterocycles. The van der Waals surface area contributed by atoms with E-state index < -0.39 is 0 Å². The molecule has 0 saturated heterocycles. The van der Waals surface area contributed by atoms with Gasteiger partial charge in [-0.05, 0) is 35.2 Å². The molecule has 0 atom stereocenters. The van der Waals surface area contributed by atoms with Gasteiger partial charge in [-0.15, -0.1) is 0 Å². The molecule has 2 aromatic rings. The van der Waals surface area contributed by atoms with E-state index in [9.17, 15) is 4.79 Å². The molecule has 1 amide bonds. The highest BCUT2D eigenvalue weighted by Crippen LogP contribution is 2.05. The van der Waals surface area contributed by atoms with E-state index >= 15 is 0 Å². The number of carbonyl (C=O) groups excluding carboxylic acids is 1. The fraction of sp³-hybridized carbons (Fsp3) is 0.250. The highest BCUT2D eigenvalue weighted by Gasteiger charge is 2.02. The van der Waals surface area contributed by atoms with Gasteiger partial charge in [-0.25, -0.2) is 0 Å². The van der Waals surface area contributed by atoms with Gasteiger partial charge in [-0.3, -0.25) is 9.78 Å². The number of hydrogen-bond acceptors (Lipinski definition) is 3. The second-order valence-corrected chi connectivity index (χ2v) is 4.61. The maximum Gasteiger partial charge on any atom is 0.220 e. The van der Waals surface area contributed by atoms with Gasteiger partial charge in [0.05, 0.1) is 6.61 Å². The van der Waals surface area contributed by atoms with Gasteiger partial charge in [-0.1, -0.05) is 24.3 Å². The van der Waals surface area contributed by atoms with Crippen LogP contribution in [0.4, 0.5) is 0 Å². The number of aliphatic hydroxyl groups is 1. The molecule has 104 valence electrons. The van der Waals surface area contributed by atoms with Crippen LogP contribution in [0.1, 0.15) is 23.1 Å². The van der Waals surface area contributed by atoms with Crippen molar-refractivity contribution in [2.24, 2.45) is 0 Å². The van der Waals surface area contributed by atoms with Crippen LogP contribution >= 0.6 is 0 Å². The summed E-state index contributed by atoms with van der Waals surface area (Å²) < 4.78 is 0. The van der Waals surface area contributed by atoms with Crippen LogP contribution in [0.2, 0.25) is 0 Å². The minimum atomic E-state index is 0.0352. The Morgan fingerprint density at radius 3 is 2.30 bits per heavy atom. The van der Waals surface area contributed by atoms with Crippen LogP contribution < -0.4 is 5.32 Å². The highest BCUT2D eigenvalue weighted by atomic mass is 16.3. The maximum atomic E-state index is 11.7. The molecule has 1 aromatic carbocycles. The zero-order valence-electron chi connectivity index (χ0n) is 11.2. The topological polar surface area (TPSA) is 62.2 Å². The molecule has 0 fully saturated rings. The minimum absolute atomic E-state index is 0.0352.